The minimum absolute atomic E-state index is 0. The van der Waals surface area contributed by atoms with Gasteiger partial charge in [-0.3, -0.25) is 0 Å². The van der Waals surface area contributed by atoms with Crippen LogP contribution in [-0.4, -0.2) is 9.78 Å². The first kappa shape index (κ1) is 19.1. The Balaban J connectivity index is 0.00000210. The van der Waals surface area contributed by atoms with Crippen LogP contribution >= 0.6 is 15.9 Å². The first-order valence-corrected chi connectivity index (χ1v) is 9.56. The highest BCUT2D eigenvalue weighted by Crippen LogP contribution is 2.37. The summed E-state index contributed by atoms with van der Waals surface area (Å²) < 4.78 is 3.12. The monoisotopic (exact) mass is 418 g/mol. The Bertz CT molecular complexity index is 1020. The molecule has 3 heteroatoms. The van der Waals surface area contributed by atoms with Crippen molar-refractivity contribution >= 4 is 15.9 Å². The smallest absolute Gasteiger partial charge is 0.101 e. The van der Waals surface area contributed by atoms with Gasteiger partial charge in [-0.2, -0.15) is 5.10 Å². The zero-order chi connectivity index (χ0) is 17.9. The number of rotatable bonds is 4. The summed E-state index contributed by atoms with van der Waals surface area (Å²) in [6.45, 7) is 2.19. The number of hydrogen-bond donors (Lipinski definition) is 0. The molecule has 0 aliphatic heterocycles. The van der Waals surface area contributed by atoms with E-state index >= 15 is 0 Å². The van der Waals surface area contributed by atoms with E-state index in [-0.39, 0.29) is 7.43 Å². The van der Waals surface area contributed by atoms with Crippen molar-refractivity contribution in [1.82, 2.24) is 9.78 Å². The molecule has 0 saturated heterocycles. The second kappa shape index (κ2) is 8.36. The first-order chi connectivity index (χ1) is 12.8. The van der Waals surface area contributed by atoms with Crippen LogP contribution in [0.2, 0.25) is 0 Å². The van der Waals surface area contributed by atoms with Crippen LogP contribution in [0, 0.1) is 0 Å². The van der Waals surface area contributed by atoms with Gasteiger partial charge in [0.15, 0.2) is 0 Å². The lowest BCUT2D eigenvalue weighted by Gasteiger charge is -2.09. The predicted octanol–water partition coefficient (Wildman–Crippen LogP) is 7.17. The van der Waals surface area contributed by atoms with Crippen molar-refractivity contribution in [3.63, 3.8) is 0 Å². The molecule has 0 N–H and O–H groups in total. The van der Waals surface area contributed by atoms with E-state index in [1.807, 2.05) is 18.2 Å². The maximum Gasteiger partial charge on any atom is 0.101 e. The number of para-hydroxylation sites is 1. The van der Waals surface area contributed by atoms with Gasteiger partial charge in [0.2, 0.25) is 0 Å². The van der Waals surface area contributed by atoms with Crippen molar-refractivity contribution in [2.75, 3.05) is 0 Å². The summed E-state index contributed by atoms with van der Waals surface area (Å²) in [5.74, 6) is 0. The summed E-state index contributed by atoms with van der Waals surface area (Å²) in [4.78, 5) is 0. The third-order valence-electron chi connectivity index (χ3n) is 4.51. The Hall–Kier alpha value is -2.65. The molecule has 0 aliphatic rings. The van der Waals surface area contributed by atoms with E-state index in [0.29, 0.717) is 0 Å². The topological polar surface area (TPSA) is 17.8 Å². The van der Waals surface area contributed by atoms with Crippen molar-refractivity contribution in [2.45, 2.75) is 20.8 Å². The molecule has 2 nitrogen and oxygen atoms in total. The molecule has 0 atom stereocenters. The number of hydrogen-bond acceptors (Lipinski definition) is 1. The van der Waals surface area contributed by atoms with Gasteiger partial charge in [-0.15, -0.1) is 0 Å². The molecule has 0 radical (unpaired) electrons. The quantitative estimate of drug-likeness (QED) is 0.343. The molecule has 0 bridgehead atoms. The predicted molar refractivity (Wildman–Crippen MR) is 118 cm³/mol. The highest BCUT2D eigenvalue weighted by molar-refractivity contribution is 9.10. The van der Waals surface area contributed by atoms with Gasteiger partial charge in [-0.25, -0.2) is 4.68 Å². The zero-order valence-electron chi connectivity index (χ0n) is 14.6. The molecule has 0 amide bonds. The minimum Gasteiger partial charge on any atom is -0.235 e. The molecule has 4 aromatic rings. The van der Waals surface area contributed by atoms with Gasteiger partial charge >= 0.3 is 0 Å². The van der Waals surface area contributed by atoms with Gasteiger partial charge in [0.1, 0.15) is 5.69 Å². The van der Waals surface area contributed by atoms with Gasteiger partial charge < -0.3 is 0 Å². The SMILES string of the molecule is C.CCc1c(-c2ccccc2)c(-c2ccccc2)nn1-c1ccccc1Br. The van der Waals surface area contributed by atoms with Crippen LogP contribution in [0.4, 0.5) is 0 Å². The summed E-state index contributed by atoms with van der Waals surface area (Å²) >= 11 is 3.68. The summed E-state index contributed by atoms with van der Waals surface area (Å²) in [6.07, 6.45) is 0.894. The van der Waals surface area contributed by atoms with Crippen LogP contribution in [0.5, 0.6) is 0 Å². The average molecular weight is 419 g/mol. The number of nitrogens with zero attached hydrogens (tertiary/aromatic N) is 2. The Kier molecular flexibility index (Phi) is 5.92. The molecule has 27 heavy (non-hydrogen) atoms. The second-order valence-corrected chi connectivity index (χ2v) is 6.97. The van der Waals surface area contributed by atoms with E-state index in [2.05, 4.69) is 94.3 Å². The molecule has 1 aromatic heterocycles. The van der Waals surface area contributed by atoms with Gasteiger partial charge in [0.25, 0.3) is 0 Å². The van der Waals surface area contributed by atoms with E-state index in [4.69, 9.17) is 5.10 Å². The van der Waals surface area contributed by atoms with Crippen molar-refractivity contribution in [3.8, 4) is 28.1 Å². The fourth-order valence-electron chi connectivity index (χ4n) is 3.31. The van der Waals surface area contributed by atoms with Gasteiger partial charge in [-0.1, -0.05) is 87.1 Å². The van der Waals surface area contributed by atoms with Crippen LogP contribution in [0.1, 0.15) is 20.0 Å². The van der Waals surface area contributed by atoms with Crippen molar-refractivity contribution in [3.05, 3.63) is 95.1 Å². The fraction of sp³-hybridized carbons (Fsp3) is 0.125. The maximum atomic E-state index is 5.05. The zero-order valence-corrected chi connectivity index (χ0v) is 16.1. The molecule has 0 aliphatic carbocycles. The minimum atomic E-state index is 0. The van der Waals surface area contributed by atoms with Gasteiger partial charge in [0, 0.05) is 15.6 Å². The second-order valence-electron chi connectivity index (χ2n) is 6.12. The normalized spacial score (nSPS) is 10.4. The molecular weight excluding hydrogens is 396 g/mol. The molecule has 1 heterocycles. The largest absolute Gasteiger partial charge is 0.235 e. The Labute approximate surface area is 169 Å². The van der Waals surface area contributed by atoms with E-state index in [0.717, 1.165) is 27.8 Å². The average Bonchev–Trinajstić information content (AvgIpc) is 3.09. The van der Waals surface area contributed by atoms with Crippen LogP contribution < -0.4 is 0 Å². The Morgan fingerprint density at radius 1 is 0.778 bits per heavy atom. The number of halogens is 1. The molecule has 4 rings (SSSR count). The highest BCUT2D eigenvalue weighted by Gasteiger charge is 2.21. The third kappa shape index (κ3) is 3.60. The van der Waals surface area contributed by atoms with Gasteiger partial charge in [-0.05, 0) is 40.0 Å². The number of benzene rings is 3. The summed E-state index contributed by atoms with van der Waals surface area (Å²) in [7, 11) is 0. The van der Waals surface area contributed by atoms with E-state index in [9.17, 15) is 0 Å². The standard InChI is InChI=1S/C23H19BrN2.CH4/c1-2-20-22(17-11-5-3-6-12-17)23(18-13-7-4-8-14-18)25-26(20)21-16-10-9-15-19(21)24;/h3-16H,2H2,1H3;1H4. The first-order valence-electron chi connectivity index (χ1n) is 8.77. The lowest BCUT2D eigenvalue weighted by atomic mass is 9.98. The molecule has 136 valence electrons. The lowest BCUT2D eigenvalue weighted by molar-refractivity contribution is 0.814. The summed E-state index contributed by atoms with van der Waals surface area (Å²) in [6, 6.07) is 29.2. The van der Waals surface area contributed by atoms with Crippen LogP contribution in [0.15, 0.2) is 89.4 Å². The van der Waals surface area contributed by atoms with E-state index < -0.39 is 0 Å². The molecule has 0 spiro atoms. The molecule has 3 aromatic carbocycles. The molecule has 0 saturated carbocycles. The Morgan fingerprint density at radius 3 is 1.93 bits per heavy atom. The van der Waals surface area contributed by atoms with Crippen LogP contribution in [-0.2, 0) is 6.42 Å². The highest BCUT2D eigenvalue weighted by atomic mass is 79.9. The van der Waals surface area contributed by atoms with Gasteiger partial charge in [0.05, 0.1) is 11.4 Å². The third-order valence-corrected chi connectivity index (χ3v) is 5.18. The molecule has 0 fully saturated rings. The maximum absolute atomic E-state index is 5.05. The van der Waals surface area contributed by atoms with E-state index in [1.54, 1.807) is 0 Å². The van der Waals surface area contributed by atoms with Crippen LogP contribution in [0.25, 0.3) is 28.1 Å². The van der Waals surface area contributed by atoms with Crippen LogP contribution in [0.3, 0.4) is 0 Å². The number of aromatic nitrogens is 2. The van der Waals surface area contributed by atoms with E-state index in [1.165, 1.54) is 16.8 Å². The summed E-state index contributed by atoms with van der Waals surface area (Å²) in [5.41, 5.74) is 6.82. The Morgan fingerprint density at radius 2 is 1.33 bits per heavy atom. The van der Waals surface area contributed by atoms with Crippen molar-refractivity contribution < 1.29 is 0 Å². The molecule has 0 unspecified atom stereocenters. The van der Waals surface area contributed by atoms with Crippen molar-refractivity contribution in [2.24, 2.45) is 0 Å². The van der Waals surface area contributed by atoms with Crippen molar-refractivity contribution in [1.29, 1.82) is 0 Å². The molecular formula is C24H23BrN2. The lowest BCUT2D eigenvalue weighted by Crippen LogP contribution is -2.02. The summed E-state index contributed by atoms with van der Waals surface area (Å²) in [5, 5.41) is 5.05. The fourth-order valence-corrected chi connectivity index (χ4v) is 3.76.